The summed E-state index contributed by atoms with van der Waals surface area (Å²) in [5, 5.41) is 9.72. The summed E-state index contributed by atoms with van der Waals surface area (Å²) < 4.78 is 5.41. The van der Waals surface area contributed by atoms with Crippen molar-refractivity contribution in [1.82, 2.24) is 0 Å². The number of aliphatic carboxylic acids is 1. The summed E-state index contributed by atoms with van der Waals surface area (Å²) in [5.74, 6) is -0.776. The fourth-order valence-corrected chi connectivity index (χ4v) is 2.77. The Kier molecular flexibility index (Phi) is 6.21. The molecule has 122 valence electrons. The lowest BCUT2D eigenvalue weighted by Gasteiger charge is -2.18. The number of rotatable bonds is 8. The summed E-state index contributed by atoms with van der Waals surface area (Å²) in [6.45, 7) is 2.15. The topological polar surface area (TPSA) is 46.5 Å². The molecule has 0 bridgehead atoms. The molecule has 2 aromatic rings. The lowest BCUT2D eigenvalue weighted by Crippen LogP contribution is -2.16. The zero-order valence-electron chi connectivity index (χ0n) is 13.8. The number of aryl methyl sites for hydroxylation is 1. The van der Waals surface area contributed by atoms with E-state index in [9.17, 15) is 9.90 Å². The molecular weight excluding hydrogens is 288 g/mol. The van der Waals surface area contributed by atoms with E-state index < -0.39 is 11.9 Å². The number of carboxylic acids is 1. The first-order valence-electron chi connectivity index (χ1n) is 8.09. The number of hydrogen-bond acceptors (Lipinski definition) is 2. The van der Waals surface area contributed by atoms with E-state index in [1.54, 1.807) is 7.11 Å². The third-order valence-corrected chi connectivity index (χ3v) is 4.07. The van der Waals surface area contributed by atoms with Crippen LogP contribution in [0.25, 0.3) is 0 Å². The Bertz CT molecular complexity index is 635. The van der Waals surface area contributed by atoms with Gasteiger partial charge in [-0.05, 0) is 36.5 Å². The van der Waals surface area contributed by atoms with E-state index in [0.29, 0.717) is 12.2 Å². The molecule has 3 nitrogen and oxygen atoms in total. The fraction of sp³-hybridized carbons (Fsp3) is 0.350. The maximum atomic E-state index is 11.8. The van der Waals surface area contributed by atoms with Gasteiger partial charge >= 0.3 is 5.97 Å². The Morgan fingerprint density at radius 3 is 2.48 bits per heavy atom. The van der Waals surface area contributed by atoms with Crippen molar-refractivity contribution in [2.45, 2.75) is 38.5 Å². The monoisotopic (exact) mass is 312 g/mol. The Hall–Kier alpha value is -2.29. The van der Waals surface area contributed by atoms with Gasteiger partial charge in [0, 0.05) is 5.56 Å². The molecular formula is C20H24O3. The molecule has 0 fully saturated rings. The molecule has 3 heteroatoms. The van der Waals surface area contributed by atoms with E-state index in [-0.39, 0.29) is 0 Å². The van der Waals surface area contributed by atoms with E-state index in [0.717, 1.165) is 30.4 Å². The number of ether oxygens (including phenoxy) is 1. The molecule has 23 heavy (non-hydrogen) atoms. The maximum Gasteiger partial charge on any atom is 0.311 e. The number of carboxylic acid groups (broad SMARTS) is 1. The Balaban J connectivity index is 2.34. The SMILES string of the molecule is CCCCc1ccc(OC)c(C(Cc2ccccc2)C(=O)O)c1. The fourth-order valence-electron chi connectivity index (χ4n) is 2.77. The van der Waals surface area contributed by atoms with Crippen molar-refractivity contribution in [2.75, 3.05) is 7.11 Å². The summed E-state index contributed by atoms with van der Waals surface area (Å²) in [5.41, 5.74) is 2.94. The average molecular weight is 312 g/mol. The smallest absolute Gasteiger partial charge is 0.311 e. The summed E-state index contributed by atoms with van der Waals surface area (Å²) in [7, 11) is 1.59. The van der Waals surface area contributed by atoms with Crippen LogP contribution in [0.15, 0.2) is 48.5 Å². The minimum atomic E-state index is -0.820. The predicted octanol–water partition coefficient (Wildman–Crippen LogP) is 4.45. The van der Waals surface area contributed by atoms with Crippen LogP contribution in [-0.2, 0) is 17.6 Å². The van der Waals surface area contributed by atoms with Gasteiger partial charge in [0.2, 0.25) is 0 Å². The molecule has 1 unspecified atom stereocenters. The van der Waals surface area contributed by atoms with Crippen LogP contribution in [-0.4, -0.2) is 18.2 Å². The van der Waals surface area contributed by atoms with Crippen LogP contribution in [0, 0.1) is 0 Å². The quantitative estimate of drug-likeness (QED) is 0.783. The number of unbranched alkanes of at least 4 members (excludes halogenated alkanes) is 1. The van der Waals surface area contributed by atoms with Crippen LogP contribution in [0.2, 0.25) is 0 Å². The third-order valence-electron chi connectivity index (χ3n) is 4.07. The highest BCUT2D eigenvalue weighted by molar-refractivity contribution is 5.78. The molecule has 0 aliphatic heterocycles. The van der Waals surface area contributed by atoms with Gasteiger partial charge in [0.15, 0.2) is 0 Å². The van der Waals surface area contributed by atoms with Crippen molar-refractivity contribution < 1.29 is 14.6 Å². The molecule has 0 radical (unpaired) electrons. The van der Waals surface area contributed by atoms with Crippen molar-refractivity contribution in [1.29, 1.82) is 0 Å². The van der Waals surface area contributed by atoms with Gasteiger partial charge in [0.1, 0.15) is 5.75 Å². The Morgan fingerprint density at radius 1 is 1.13 bits per heavy atom. The van der Waals surface area contributed by atoms with Gasteiger partial charge in [-0.1, -0.05) is 55.8 Å². The lowest BCUT2D eigenvalue weighted by molar-refractivity contribution is -0.138. The van der Waals surface area contributed by atoms with E-state index in [1.807, 2.05) is 48.5 Å². The van der Waals surface area contributed by atoms with Crippen LogP contribution in [0.5, 0.6) is 5.75 Å². The van der Waals surface area contributed by atoms with Crippen molar-refractivity contribution >= 4 is 5.97 Å². The first-order valence-corrected chi connectivity index (χ1v) is 8.09. The van der Waals surface area contributed by atoms with Crippen molar-refractivity contribution in [2.24, 2.45) is 0 Å². The summed E-state index contributed by atoms with van der Waals surface area (Å²) in [4.78, 5) is 11.8. The van der Waals surface area contributed by atoms with Crippen molar-refractivity contribution in [3.05, 3.63) is 65.2 Å². The van der Waals surface area contributed by atoms with Gasteiger partial charge in [-0.3, -0.25) is 4.79 Å². The van der Waals surface area contributed by atoms with Crippen LogP contribution < -0.4 is 4.74 Å². The molecule has 0 aliphatic rings. The van der Waals surface area contributed by atoms with E-state index >= 15 is 0 Å². The van der Waals surface area contributed by atoms with Gasteiger partial charge in [0.25, 0.3) is 0 Å². The highest BCUT2D eigenvalue weighted by Crippen LogP contribution is 2.31. The second-order valence-corrected chi connectivity index (χ2v) is 5.76. The minimum absolute atomic E-state index is 0.462. The summed E-state index contributed by atoms with van der Waals surface area (Å²) in [6, 6.07) is 15.6. The zero-order valence-corrected chi connectivity index (χ0v) is 13.8. The Morgan fingerprint density at radius 2 is 1.87 bits per heavy atom. The molecule has 0 aliphatic carbocycles. The van der Waals surface area contributed by atoms with Crippen LogP contribution in [0.4, 0.5) is 0 Å². The van der Waals surface area contributed by atoms with Gasteiger partial charge in [-0.25, -0.2) is 0 Å². The molecule has 1 atom stereocenters. The highest BCUT2D eigenvalue weighted by atomic mass is 16.5. The minimum Gasteiger partial charge on any atom is -0.496 e. The normalized spacial score (nSPS) is 11.9. The summed E-state index contributed by atoms with van der Waals surface area (Å²) in [6.07, 6.45) is 3.64. The van der Waals surface area contributed by atoms with E-state index in [1.165, 1.54) is 5.56 Å². The molecule has 0 heterocycles. The second-order valence-electron chi connectivity index (χ2n) is 5.76. The van der Waals surface area contributed by atoms with E-state index in [4.69, 9.17) is 4.74 Å². The highest BCUT2D eigenvalue weighted by Gasteiger charge is 2.24. The van der Waals surface area contributed by atoms with Crippen LogP contribution in [0.1, 0.15) is 42.4 Å². The van der Waals surface area contributed by atoms with Gasteiger partial charge in [-0.15, -0.1) is 0 Å². The molecule has 1 N–H and O–H groups in total. The number of hydrogen-bond donors (Lipinski definition) is 1. The van der Waals surface area contributed by atoms with Crippen molar-refractivity contribution in [3.63, 3.8) is 0 Å². The van der Waals surface area contributed by atoms with E-state index in [2.05, 4.69) is 6.92 Å². The second kappa shape index (κ2) is 8.37. The molecule has 0 saturated carbocycles. The average Bonchev–Trinajstić information content (AvgIpc) is 2.58. The standard InChI is InChI=1S/C20H24O3/c1-3-4-8-16-11-12-19(23-2)17(13-16)18(20(21)22)14-15-9-6-5-7-10-15/h5-7,9-13,18H,3-4,8,14H2,1-2H3,(H,21,22). The predicted molar refractivity (Wildman–Crippen MR) is 92.1 cm³/mol. The Labute approximate surface area is 137 Å². The third kappa shape index (κ3) is 4.59. The van der Waals surface area contributed by atoms with Gasteiger partial charge in [0.05, 0.1) is 13.0 Å². The molecule has 0 amide bonds. The molecule has 0 saturated heterocycles. The van der Waals surface area contributed by atoms with Gasteiger partial charge in [-0.2, -0.15) is 0 Å². The van der Waals surface area contributed by atoms with Crippen LogP contribution >= 0.6 is 0 Å². The molecule has 2 aromatic carbocycles. The number of benzene rings is 2. The molecule has 0 aromatic heterocycles. The van der Waals surface area contributed by atoms with Crippen molar-refractivity contribution in [3.8, 4) is 5.75 Å². The first kappa shape index (κ1) is 17.1. The van der Waals surface area contributed by atoms with Crippen LogP contribution in [0.3, 0.4) is 0 Å². The largest absolute Gasteiger partial charge is 0.496 e. The van der Waals surface area contributed by atoms with Gasteiger partial charge < -0.3 is 9.84 Å². The summed E-state index contributed by atoms with van der Waals surface area (Å²) >= 11 is 0. The zero-order chi connectivity index (χ0) is 16.7. The lowest BCUT2D eigenvalue weighted by atomic mass is 9.89. The molecule has 2 rings (SSSR count). The maximum absolute atomic E-state index is 11.8. The number of carbonyl (C=O) groups is 1. The first-order chi connectivity index (χ1) is 11.2. The molecule has 0 spiro atoms. The number of methoxy groups -OCH3 is 1.